The molecule has 1 N–H and O–H groups in total. The van der Waals surface area contributed by atoms with Crippen LogP contribution in [-0.4, -0.2) is 28.8 Å². The number of hydrogen-bond donors (Lipinski definition) is 1. The molecule has 8 nitrogen and oxygen atoms in total. The molecule has 0 spiro atoms. The van der Waals surface area contributed by atoms with Gasteiger partial charge in [0.2, 0.25) is 0 Å². The molecule has 3 aromatic rings. The summed E-state index contributed by atoms with van der Waals surface area (Å²) >= 11 is 0. The second-order valence-corrected chi connectivity index (χ2v) is 8.04. The summed E-state index contributed by atoms with van der Waals surface area (Å²) in [5.41, 5.74) is 1.21. The van der Waals surface area contributed by atoms with Gasteiger partial charge in [-0.05, 0) is 31.5 Å². The van der Waals surface area contributed by atoms with Crippen LogP contribution in [0.5, 0.6) is 0 Å². The molecule has 0 radical (unpaired) electrons. The van der Waals surface area contributed by atoms with Crippen molar-refractivity contribution in [1.82, 2.24) is 8.96 Å². The number of pyridine rings is 1. The zero-order chi connectivity index (χ0) is 19.6. The number of unbranched alkanes of at least 4 members (excludes halogenated alkanes) is 1. The topological polar surface area (TPSA) is 107 Å². The van der Waals surface area contributed by atoms with Crippen molar-refractivity contribution in [1.29, 1.82) is 0 Å². The van der Waals surface area contributed by atoms with Crippen LogP contribution in [0.3, 0.4) is 0 Å². The van der Waals surface area contributed by atoms with Gasteiger partial charge in [0.15, 0.2) is 5.65 Å². The average Bonchev–Trinajstić information content (AvgIpc) is 3.07. The number of rotatable bonds is 7. The third kappa shape index (κ3) is 3.50. The highest BCUT2D eigenvalue weighted by atomic mass is 32.2. The first-order valence-electron chi connectivity index (χ1n) is 8.57. The molecular weight excluding hydrogens is 368 g/mol. The van der Waals surface area contributed by atoms with Crippen LogP contribution in [0, 0.1) is 17.0 Å². The molecule has 2 aromatic heterocycles. The molecule has 0 atom stereocenters. The Morgan fingerprint density at radius 1 is 1.22 bits per heavy atom. The van der Waals surface area contributed by atoms with Crippen molar-refractivity contribution in [3.8, 4) is 0 Å². The number of anilines is 1. The molecule has 9 heteroatoms. The number of hydrogen-bond acceptors (Lipinski definition) is 6. The zero-order valence-corrected chi connectivity index (χ0v) is 15.9. The highest BCUT2D eigenvalue weighted by Gasteiger charge is 2.24. The van der Waals surface area contributed by atoms with E-state index in [4.69, 9.17) is 0 Å². The third-order valence-electron chi connectivity index (χ3n) is 4.27. The predicted molar refractivity (Wildman–Crippen MR) is 104 cm³/mol. The van der Waals surface area contributed by atoms with Gasteiger partial charge in [0.05, 0.1) is 15.2 Å². The van der Waals surface area contributed by atoms with Crippen molar-refractivity contribution in [3.05, 3.63) is 58.4 Å². The predicted octanol–water partition coefficient (Wildman–Crippen LogP) is 3.70. The quantitative estimate of drug-likeness (QED) is 0.376. The van der Waals surface area contributed by atoms with E-state index in [0.717, 1.165) is 28.6 Å². The van der Waals surface area contributed by atoms with Gasteiger partial charge < -0.3 is 5.32 Å². The van der Waals surface area contributed by atoms with Crippen molar-refractivity contribution in [2.45, 2.75) is 31.6 Å². The van der Waals surface area contributed by atoms with Gasteiger partial charge in [0.1, 0.15) is 11.9 Å². The maximum absolute atomic E-state index is 13.0. The van der Waals surface area contributed by atoms with Gasteiger partial charge in [-0.3, -0.25) is 10.1 Å². The van der Waals surface area contributed by atoms with E-state index in [-0.39, 0.29) is 21.9 Å². The lowest BCUT2D eigenvalue weighted by molar-refractivity contribution is -0.384. The number of aromatic nitrogens is 2. The van der Waals surface area contributed by atoms with E-state index < -0.39 is 14.9 Å². The molecule has 0 saturated carbocycles. The summed E-state index contributed by atoms with van der Waals surface area (Å²) in [6, 6.07) is 8.03. The van der Waals surface area contributed by atoms with Crippen LogP contribution in [0.25, 0.3) is 11.0 Å². The molecule has 27 heavy (non-hydrogen) atoms. The molecule has 0 aliphatic heterocycles. The Hall–Kier alpha value is -2.94. The van der Waals surface area contributed by atoms with Gasteiger partial charge in [-0.25, -0.2) is 17.4 Å². The number of benzene rings is 1. The standard InChI is InChI=1S/C18H20N4O4S/c1-3-4-10-19-17-15-9-11-21(18(15)20-12-16(17)22(23)24)27(25,26)14-7-5-13(2)6-8-14/h5-9,11-12H,3-4,10H2,1-2H3,(H,19,20). The first kappa shape index (κ1) is 18.8. The number of nitro groups is 1. The minimum atomic E-state index is -3.86. The van der Waals surface area contributed by atoms with E-state index in [0.29, 0.717) is 11.9 Å². The van der Waals surface area contributed by atoms with E-state index in [1.165, 1.54) is 24.4 Å². The number of nitrogens with one attached hydrogen (secondary N) is 1. The van der Waals surface area contributed by atoms with Crippen LogP contribution >= 0.6 is 0 Å². The molecule has 1 aromatic carbocycles. The molecule has 2 heterocycles. The normalized spacial score (nSPS) is 11.6. The van der Waals surface area contributed by atoms with Crippen LogP contribution in [0.4, 0.5) is 11.4 Å². The Morgan fingerprint density at radius 3 is 2.56 bits per heavy atom. The Balaban J connectivity index is 2.15. The highest BCUT2D eigenvalue weighted by molar-refractivity contribution is 7.90. The van der Waals surface area contributed by atoms with Crippen LogP contribution in [0.2, 0.25) is 0 Å². The fourth-order valence-corrected chi connectivity index (χ4v) is 4.09. The largest absolute Gasteiger partial charge is 0.379 e. The number of aryl methyl sites for hydroxylation is 1. The lowest BCUT2D eigenvalue weighted by Crippen LogP contribution is -2.13. The van der Waals surface area contributed by atoms with Gasteiger partial charge in [-0.2, -0.15) is 0 Å². The molecule has 0 amide bonds. The maximum Gasteiger partial charge on any atom is 0.311 e. The molecule has 0 aliphatic carbocycles. The summed E-state index contributed by atoms with van der Waals surface area (Å²) in [6.07, 6.45) is 4.24. The highest BCUT2D eigenvalue weighted by Crippen LogP contribution is 2.33. The summed E-state index contributed by atoms with van der Waals surface area (Å²) in [7, 11) is -3.86. The summed E-state index contributed by atoms with van der Waals surface area (Å²) in [6.45, 7) is 4.44. The lowest BCUT2D eigenvalue weighted by atomic mass is 10.2. The van der Waals surface area contributed by atoms with E-state index in [9.17, 15) is 18.5 Å². The molecule has 142 valence electrons. The average molecular weight is 388 g/mol. The SMILES string of the molecule is CCCCNc1c([N+](=O)[O-])cnc2c1ccn2S(=O)(=O)c1ccc(C)cc1. The molecular formula is C18H20N4O4S. The first-order valence-corrected chi connectivity index (χ1v) is 10.0. The number of nitrogens with zero attached hydrogens (tertiary/aromatic N) is 3. The van der Waals surface area contributed by atoms with E-state index in [1.807, 2.05) is 13.8 Å². The summed E-state index contributed by atoms with van der Waals surface area (Å²) in [4.78, 5) is 15.0. The second-order valence-electron chi connectivity index (χ2n) is 6.22. The van der Waals surface area contributed by atoms with Crippen molar-refractivity contribution < 1.29 is 13.3 Å². The fraction of sp³-hybridized carbons (Fsp3) is 0.278. The Kier molecular flexibility index (Phi) is 5.13. The second kappa shape index (κ2) is 7.36. The molecule has 0 unspecified atom stereocenters. The van der Waals surface area contributed by atoms with Crippen molar-refractivity contribution in [3.63, 3.8) is 0 Å². The molecule has 0 fully saturated rings. The van der Waals surface area contributed by atoms with E-state index >= 15 is 0 Å². The minimum absolute atomic E-state index is 0.131. The van der Waals surface area contributed by atoms with Crippen LogP contribution < -0.4 is 5.32 Å². The van der Waals surface area contributed by atoms with Gasteiger partial charge in [-0.1, -0.05) is 31.0 Å². The summed E-state index contributed by atoms with van der Waals surface area (Å²) < 4.78 is 27.0. The van der Waals surface area contributed by atoms with Crippen LogP contribution in [0.1, 0.15) is 25.3 Å². The van der Waals surface area contributed by atoms with Crippen LogP contribution in [-0.2, 0) is 10.0 Å². The number of fused-ring (bicyclic) bond motifs is 1. The lowest BCUT2D eigenvalue weighted by Gasteiger charge is -2.10. The Bertz CT molecular complexity index is 1090. The first-order chi connectivity index (χ1) is 12.9. The Morgan fingerprint density at radius 2 is 1.93 bits per heavy atom. The van der Waals surface area contributed by atoms with Gasteiger partial charge in [0.25, 0.3) is 10.0 Å². The van der Waals surface area contributed by atoms with E-state index in [2.05, 4.69) is 10.3 Å². The van der Waals surface area contributed by atoms with Gasteiger partial charge in [0, 0.05) is 12.7 Å². The monoisotopic (exact) mass is 388 g/mol. The summed E-state index contributed by atoms with van der Waals surface area (Å²) in [5.74, 6) is 0. The molecule has 0 bridgehead atoms. The van der Waals surface area contributed by atoms with Crippen molar-refractivity contribution >= 4 is 32.4 Å². The third-order valence-corrected chi connectivity index (χ3v) is 5.95. The van der Waals surface area contributed by atoms with Crippen molar-refractivity contribution in [2.24, 2.45) is 0 Å². The smallest absolute Gasteiger partial charge is 0.311 e. The fourth-order valence-electron chi connectivity index (χ4n) is 2.78. The zero-order valence-electron chi connectivity index (χ0n) is 15.0. The molecule has 0 aliphatic rings. The molecule has 0 saturated heterocycles. The minimum Gasteiger partial charge on any atom is -0.379 e. The Labute approximate surface area is 157 Å². The maximum atomic E-state index is 13.0. The van der Waals surface area contributed by atoms with Crippen molar-refractivity contribution in [2.75, 3.05) is 11.9 Å². The summed E-state index contributed by atoms with van der Waals surface area (Å²) in [5, 5.41) is 14.8. The molecule has 3 rings (SSSR count). The van der Waals surface area contributed by atoms with E-state index in [1.54, 1.807) is 12.1 Å². The van der Waals surface area contributed by atoms with Crippen LogP contribution in [0.15, 0.2) is 47.6 Å². The van der Waals surface area contributed by atoms with Gasteiger partial charge >= 0.3 is 5.69 Å². The van der Waals surface area contributed by atoms with Gasteiger partial charge in [-0.15, -0.1) is 0 Å².